The monoisotopic (exact) mass is 530 g/mol. The van der Waals surface area contributed by atoms with Gasteiger partial charge in [0.15, 0.2) is 5.96 Å². The second-order valence-electron chi connectivity index (χ2n) is 8.31. The lowest BCUT2D eigenvalue weighted by atomic mass is 10.1. The van der Waals surface area contributed by atoms with Gasteiger partial charge >= 0.3 is 0 Å². The molecule has 0 radical (unpaired) electrons. The molecule has 3 fully saturated rings. The van der Waals surface area contributed by atoms with E-state index in [0.717, 1.165) is 75.5 Å². The van der Waals surface area contributed by atoms with E-state index in [1.807, 2.05) is 25.4 Å². The lowest BCUT2D eigenvalue weighted by molar-refractivity contribution is -0.0367. The lowest BCUT2D eigenvalue weighted by Crippen LogP contribution is -2.47. The molecule has 1 saturated carbocycles. The zero-order chi connectivity index (χ0) is 19.9. The average molecular weight is 530 g/mol. The zero-order valence-corrected chi connectivity index (χ0v) is 20.3. The number of piperidine rings is 1. The largest absolute Gasteiger partial charge is 0.477 e. The average Bonchev–Trinajstić information content (AvgIpc) is 3.45. The number of hydrogen-bond donors (Lipinski definition) is 1. The summed E-state index contributed by atoms with van der Waals surface area (Å²) >= 11 is 0. The number of guanidine groups is 1. The van der Waals surface area contributed by atoms with E-state index in [-0.39, 0.29) is 24.0 Å². The summed E-state index contributed by atoms with van der Waals surface area (Å²) in [5, 5.41) is 3.48. The van der Waals surface area contributed by atoms with Crippen LogP contribution in [0.5, 0.6) is 5.88 Å². The van der Waals surface area contributed by atoms with Crippen LogP contribution in [0.1, 0.15) is 44.1 Å². The molecule has 4 rings (SSSR count). The van der Waals surface area contributed by atoms with Gasteiger partial charge in [-0.15, -0.1) is 24.0 Å². The van der Waals surface area contributed by atoms with E-state index in [2.05, 4.69) is 20.2 Å². The summed E-state index contributed by atoms with van der Waals surface area (Å²) in [6.45, 7) is 5.05. The third-order valence-corrected chi connectivity index (χ3v) is 5.91. The summed E-state index contributed by atoms with van der Waals surface area (Å²) in [5.41, 5.74) is 1.15. The number of rotatable bonds is 8. The highest BCUT2D eigenvalue weighted by molar-refractivity contribution is 14.0. The van der Waals surface area contributed by atoms with Crippen molar-refractivity contribution in [3.8, 4) is 5.88 Å². The molecule has 3 aliphatic rings. The molecule has 2 saturated heterocycles. The van der Waals surface area contributed by atoms with Crippen molar-refractivity contribution in [2.24, 2.45) is 10.9 Å². The first kappa shape index (κ1) is 23.5. The molecule has 0 spiro atoms. The highest BCUT2D eigenvalue weighted by Gasteiger charge is 2.24. The SMILES string of the molecule is CN=C(NCc1ccnc(OCC2CC2)c1)N1CCC(OCC2CCCO2)CC1.I. The van der Waals surface area contributed by atoms with Gasteiger partial charge < -0.3 is 24.4 Å². The van der Waals surface area contributed by atoms with Crippen molar-refractivity contribution in [3.05, 3.63) is 23.9 Å². The van der Waals surface area contributed by atoms with Crippen molar-refractivity contribution in [1.82, 2.24) is 15.2 Å². The number of pyridine rings is 1. The van der Waals surface area contributed by atoms with E-state index >= 15 is 0 Å². The molecular formula is C22H35IN4O3. The highest BCUT2D eigenvalue weighted by atomic mass is 127. The van der Waals surface area contributed by atoms with Crippen LogP contribution in [-0.2, 0) is 16.0 Å². The minimum Gasteiger partial charge on any atom is -0.477 e. The number of hydrogen-bond acceptors (Lipinski definition) is 5. The number of nitrogens with one attached hydrogen (secondary N) is 1. The maximum Gasteiger partial charge on any atom is 0.213 e. The first-order valence-corrected chi connectivity index (χ1v) is 11.1. The Morgan fingerprint density at radius 1 is 1.23 bits per heavy atom. The first-order chi connectivity index (χ1) is 14.3. The van der Waals surface area contributed by atoms with E-state index in [0.29, 0.717) is 18.8 Å². The Morgan fingerprint density at radius 3 is 2.77 bits per heavy atom. The molecule has 2 aliphatic heterocycles. The van der Waals surface area contributed by atoms with E-state index in [4.69, 9.17) is 14.2 Å². The molecule has 1 unspecified atom stereocenters. The Bertz CT molecular complexity index is 672. The first-order valence-electron chi connectivity index (χ1n) is 11.1. The summed E-state index contributed by atoms with van der Waals surface area (Å²) in [5.74, 6) is 2.39. The van der Waals surface area contributed by atoms with Crippen molar-refractivity contribution >= 4 is 29.9 Å². The van der Waals surface area contributed by atoms with Crippen molar-refractivity contribution < 1.29 is 14.2 Å². The van der Waals surface area contributed by atoms with Gasteiger partial charge in [0.25, 0.3) is 0 Å². The van der Waals surface area contributed by atoms with Gasteiger partial charge in [-0.2, -0.15) is 0 Å². The second kappa shape index (κ2) is 12.0. The second-order valence-corrected chi connectivity index (χ2v) is 8.31. The fourth-order valence-electron chi connectivity index (χ4n) is 3.89. The number of halogens is 1. The predicted molar refractivity (Wildman–Crippen MR) is 128 cm³/mol. The molecule has 1 N–H and O–H groups in total. The summed E-state index contributed by atoms with van der Waals surface area (Å²) in [6, 6.07) is 4.04. The predicted octanol–water partition coefficient (Wildman–Crippen LogP) is 3.22. The van der Waals surface area contributed by atoms with Gasteiger partial charge in [0.05, 0.1) is 25.4 Å². The number of aromatic nitrogens is 1. The third kappa shape index (κ3) is 7.23. The van der Waals surface area contributed by atoms with Crippen LogP contribution < -0.4 is 10.1 Å². The Hall–Kier alpha value is -1.13. The molecule has 1 aliphatic carbocycles. The molecule has 0 bridgehead atoms. The molecule has 0 amide bonds. The lowest BCUT2D eigenvalue weighted by Gasteiger charge is -2.34. The van der Waals surface area contributed by atoms with Gasteiger partial charge in [-0.25, -0.2) is 4.98 Å². The van der Waals surface area contributed by atoms with Crippen LogP contribution >= 0.6 is 24.0 Å². The van der Waals surface area contributed by atoms with Gasteiger partial charge in [0.2, 0.25) is 5.88 Å². The molecular weight excluding hydrogens is 495 g/mol. The number of likely N-dealkylation sites (tertiary alicyclic amines) is 1. The fraction of sp³-hybridized carbons (Fsp3) is 0.727. The standard InChI is InChI=1S/C22H34N4O3.HI/c1-23-22(25-14-18-6-9-24-21(13-18)29-15-17-4-5-17)26-10-7-19(8-11-26)28-16-20-3-2-12-27-20;/h6,9,13,17,19-20H,2-5,7-8,10-12,14-16H2,1H3,(H,23,25);1H. The summed E-state index contributed by atoms with van der Waals surface area (Å²) in [4.78, 5) is 11.1. The van der Waals surface area contributed by atoms with Crippen LogP contribution in [0.15, 0.2) is 23.3 Å². The molecule has 7 nitrogen and oxygen atoms in total. The van der Waals surface area contributed by atoms with E-state index < -0.39 is 0 Å². The van der Waals surface area contributed by atoms with E-state index in [9.17, 15) is 0 Å². The number of ether oxygens (including phenoxy) is 3. The van der Waals surface area contributed by atoms with Crippen molar-refractivity contribution in [3.63, 3.8) is 0 Å². The quantitative estimate of drug-likeness (QED) is 0.317. The van der Waals surface area contributed by atoms with Crippen LogP contribution in [0.2, 0.25) is 0 Å². The van der Waals surface area contributed by atoms with Gasteiger partial charge in [0, 0.05) is 45.6 Å². The van der Waals surface area contributed by atoms with Crippen LogP contribution in [-0.4, -0.2) is 68.0 Å². The maximum absolute atomic E-state index is 6.08. The molecule has 30 heavy (non-hydrogen) atoms. The van der Waals surface area contributed by atoms with Gasteiger partial charge in [-0.05, 0) is 56.1 Å². The summed E-state index contributed by atoms with van der Waals surface area (Å²) < 4.78 is 17.5. The smallest absolute Gasteiger partial charge is 0.213 e. The van der Waals surface area contributed by atoms with Gasteiger partial charge in [-0.3, -0.25) is 4.99 Å². The van der Waals surface area contributed by atoms with Crippen molar-refractivity contribution in [2.75, 3.05) is 40.0 Å². The van der Waals surface area contributed by atoms with Crippen LogP contribution in [0.3, 0.4) is 0 Å². The van der Waals surface area contributed by atoms with E-state index in [1.165, 1.54) is 19.3 Å². The van der Waals surface area contributed by atoms with Gasteiger partial charge in [0.1, 0.15) is 0 Å². The summed E-state index contributed by atoms with van der Waals surface area (Å²) in [7, 11) is 1.85. The fourth-order valence-corrected chi connectivity index (χ4v) is 3.89. The molecule has 1 aromatic rings. The Morgan fingerprint density at radius 2 is 2.07 bits per heavy atom. The van der Waals surface area contributed by atoms with Crippen LogP contribution in [0.25, 0.3) is 0 Å². The highest BCUT2D eigenvalue weighted by Crippen LogP contribution is 2.29. The Labute approximate surface area is 197 Å². The van der Waals surface area contributed by atoms with Gasteiger partial charge in [-0.1, -0.05) is 0 Å². The third-order valence-electron chi connectivity index (χ3n) is 5.91. The van der Waals surface area contributed by atoms with Crippen LogP contribution in [0.4, 0.5) is 0 Å². The maximum atomic E-state index is 6.08. The molecule has 168 valence electrons. The Kier molecular flexibility index (Phi) is 9.45. The minimum atomic E-state index is 0. The van der Waals surface area contributed by atoms with Crippen molar-refractivity contribution in [2.45, 2.75) is 57.3 Å². The molecule has 1 atom stereocenters. The zero-order valence-electron chi connectivity index (χ0n) is 17.9. The topological polar surface area (TPSA) is 68.2 Å². The number of nitrogens with zero attached hydrogens (tertiary/aromatic N) is 3. The summed E-state index contributed by atoms with van der Waals surface area (Å²) in [6.07, 6.45) is 9.39. The molecule has 0 aromatic carbocycles. The number of aliphatic imine (C=N–C) groups is 1. The van der Waals surface area contributed by atoms with E-state index in [1.54, 1.807) is 0 Å². The molecule has 1 aromatic heterocycles. The molecule has 3 heterocycles. The Balaban J connectivity index is 0.00000256. The normalized spacial score (nSPS) is 22.6. The van der Waals surface area contributed by atoms with Crippen molar-refractivity contribution in [1.29, 1.82) is 0 Å². The minimum absolute atomic E-state index is 0. The van der Waals surface area contributed by atoms with Crippen LogP contribution in [0, 0.1) is 5.92 Å². The molecule has 8 heteroatoms.